The van der Waals surface area contributed by atoms with E-state index in [2.05, 4.69) is 5.32 Å². The van der Waals surface area contributed by atoms with Crippen LogP contribution in [0.15, 0.2) is 54.6 Å². The van der Waals surface area contributed by atoms with Crippen molar-refractivity contribution in [3.8, 4) is 0 Å². The summed E-state index contributed by atoms with van der Waals surface area (Å²) in [5, 5.41) is 2.47. The summed E-state index contributed by atoms with van der Waals surface area (Å²) in [6.07, 6.45) is -4.45. The summed E-state index contributed by atoms with van der Waals surface area (Å²) in [6.45, 7) is 0.202. The van der Waals surface area contributed by atoms with Gasteiger partial charge in [-0.05, 0) is 30.3 Å². The molecule has 1 aliphatic heterocycles. The number of nitrogens with one attached hydrogen (secondary N) is 1. The second-order valence-electron chi connectivity index (χ2n) is 5.81. The first-order chi connectivity index (χ1) is 11.8. The van der Waals surface area contributed by atoms with Crippen LogP contribution in [0.2, 0.25) is 0 Å². The highest BCUT2D eigenvalue weighted by atomic mass is 19.4. The van der Waals surface area contributed by atoms with Crippen LogP contribution in [0.1, 0.15) is 12.0 Å². The zero-order valence-electron chi connectivity index (χ0n) is 13.1. The van der Waals surface area contributed by atoms with Crippen molar-refractivity contribution in [3.05, 3.63) is 60.2 Å². The first-order valence-electron chi connectivity index (χ1n) is 7.68. The standard InChI is InChI=1S/C18H15F3N2O2/c19-18(20,21)13-5-4-6-14(10-13)22-17(25)12-9-16(24)23(11-12)15-7-2-1-3-8-15/h1-8,10,12H,9,11H2,(H,22,25). The third-order valence-electron chi connectivity index (χ3n) is 4.02. The minimum Gasteiger partial charge on any atom is -0.326 e. The molecule has 1 fully saturated rings. The van der Waals surface area contributed by atoms with Crippen LogP contribution in [0.3, 0.4) is 0 Å². The van der Waals surface area contributed by atoms with Crippen molar-refractivity contribution >= 4 is 23.2 Å². The molecular weight excluding hydrogens is 333 g/mol. The van der Waals surface area contributed by atoms with Gasteiger partial charge in [-0.2, -0.15) is 13.2 Å². The zero-order chi connectivity index (χ0) is 18.0. The largest absolute Gasteiger partial charge is 0.416 e. The molecule has 1 unspecified atom stereocenters. The molecule has 0 bridgehead atoms. The highest BCUT2D eigenvalue weighted by Crippen LogP contribution is 2.31. The Balaban J connectivity index is 1.70. The van der Waals surface area contributed by atoms with E-state index in [0.717, 1.165) is 12.1 Å². The Labute approximate surface area is 142 Å². The molecule has 25 heavy (non-hydrogen) atoms. The number of halogens is 3. The number of hydrogen-bond donors (Lipinski definition) is 1. The first-order valence-corrected chi connectivity index (χ1v) is 7.68. The van der Waals surface area contributed by atoms with Crippen molar-refractivity contribution in [2.45, 2.75) is 12.6 Å². The van der Waals surface area contributed by atoms with E-state index in [-0.39, 0.29) is 24.6 Å². The number of carbonyl (C=O) groups is 2. The molecular formula is C18H15F3N2O2. The quantitative estimate of drug-likeness (QED) is 0.920. The van der Waals surface area contributed by atoms with Crippen molar-refractivity contribution in [2.24, 2.45) is 5.92 Å². The molecule has 0 saturated carbocycles. The van der Waals surface area contributed by atoms with Gasteiger partial charge in [0.2, 0.25) is 11.8 Å². The summed E-state index contributed by atoms with van der Waals surface area (Å²) in [5.41, 5.74) is -0.0778. The molecule has 1 aliphatic rings. The number of para-hydroxylation sites is 1. The summed E-state index contributed by atoms with van der Waals surface area (Å²) in [5.74, 6) is -1.26. The van der Waals surface area contributed by atoms with Gasteiger partial charge in [-0.25, -0.2) is 0 Å². The van der Waals surface area contributed by atoms with E-state index < -0.39 is 23.6 Å². The van der Waals surface area contributed by atoms with Gasteiger partial charge in [0.05, 0.1) is 11.5 Å². The Morgan fingerprint density at radius 2 is 1.80 bits per heavy atom. The number of nitrogens with zero attached hydrogens (tertiary/aromatic N) is 1. The van der Waals surface area contributed by atoms with Crippen LogP contribution >= 0.6 is 0 Å². The Kier molecular flexibility index (Phi) is 4.48. The monoisotopic (exact) mass is 348 g/mol. The molecule has 0 aliphatic carbocycles. The maximum atomic E-state index is 12.7. The maximum absolute atomic E-state index is 12.7. The Morgan fingerprint density at radius 3 is 2.48 bits per heavy atom. The van der Waals surface area contributed by atoms with Gasteiger partial charge >= 0.3 is 6.18 Å². The lowest BCUT2D eigenvalue weighted by Gasteiger charge is -2.16. The van der Waals surface area contributed by atoms with Crippen LogP contribution in [0.5, 0.6) is 0 Å². The SMILES string of the molecule is O=C(Nc1cccc(C(F)(F)F)c1)C1CC(=O)N(c2ccccc2)C1. The number of benzene rings is 2. The topological polar surface area (TPSA) is 49.4 Å². The van der Waals surface area contributed by atoms with Gasteiger partial charge in [-0.15, -0.1) is 0 Å². The van der Waals surface area contributed by atoms with E-state index in [1.165, 1.54) is 17.0 Å². The van der Waals surface area contributed by atoms with Crippen LogP contribution in [0.25, 0.3) is 0 Å². The first kappa shape index (κ1) is 17.0. The molecule has 3 rings (SSSR count). The highest BCUT2D eigenvalue weighted by Gasteiger charge is 2.35. The average Bonchev–Trinajstić information content (AvgIpc) is 2.97. The van der Waals surface area contributed by atoms with Crippen LogP contribution in [-0.2, 0) is 15.8 Å². The van der Waals surface area contributed by atoms with Crippen molar-refractivity contribution in [3.63, 3.8) is 0 Å². The van der Waals surface area contributed by atoms with E-state index in [1.807, 2.05) is 6.07 Å². The Hall–Kier alpha value is -2.83. The molecule has 2 aromatic carbocycles. The van der Waals surface area contributed by atoms with Gasteiger partial charge in [0.1, 0.15) is 0 Å². The number of amides is 2. The lowest BCUT2D eigenvalue weighted by molar-refractivity contribution is -0.137. The zero-order valence-corrected chi connectivity index (χ0v) is 13.1. The third-order valence-corrected chi connectivity index (χ3v) is 4.02. The van der Waals surface area contributed by atoms with Crippen LogP contribution in [-0.4, -0.2) is 18.4 Å². The van der Waals surface area contributed by atoms with Crippen molar-refractivity contribution in [1.82, 2.24) is 0 Å². The summed E-state index contributed by atoms with van der Waals surface area (Å²) >= 11 is 0. The minimum absolute atomic E-state index is 0.0275. The Morgan fingerprint density at radius 1 is 1.08 bits per heavy atom. The average molecular weight is 348 g/mol. The molecule has 0 radical (unpaired) electrons. The summed E-state index contributed by atoms with van der Waals surface area (Å²) < 4.78 is 38.2. The van der Waals surface area contributed by atoms with Gasteiger partial charge in [0.25, 0.3) is 0 Å². The van der Waals surface area contributed by atoms with Gasteiger partial charge < -0.3 is 10.2 Å². The predicted octanol–water partition coefficient (Wildman–Crippen LogP) is 3.70. The number of carbonyl (C=O) groups excluding carboxylic acids is 2. The van der Waals surface area contributed by atoms with Gasteiger partial charge in [-0.3, -0.25) is 9.59 Å². The number of anilines is 2. The minimum atomic E-state index is -4.48. The smallest absolute Gasteiger partial charge is 0.326 e. The van der Waals surface area contributed by atoms with E-state index in [1.54, 1.807) is 24.3 Å². The Bertz CT molecular complexity index is 790. The highest BCUT2D eigenvalue weighted by molar-refractivity contribution is 6.03. The molecule has 2 aromatic rings. The molecule has 1 heterocycles. The number of rotatable bonds is 3. The van der Waals surface area contributed by atoms with Gasteiger partial charge in [0, 0.05) is 24.3 Å². The van der Waals surface area contributed by atoms with Crippen molar-refractivity contribution in [2.75, 3.05) is 16.8 Å². The van der Waals surface area contributed by atoms with Gasteiger partial charge in [-0.1, -0.05) is 24.3 Å². The van der Waals surface area contributed by atoms with E-state index in [0.29, 0.717) is 5.69 Å². The van der Waals surface area contributed by atoms with E-state index >= 15 is 0 Å². The fourth-order valence-corrected chi connectivity index (χ4v) is 2.76. The van der Waals surface area contributed by atoms with Crippen LogP contribution < -0.4 is 10.2 Å². The molecule has 1 saturated heterocycles. The summed E-state index contributed by atoms with van der Waals surface area (Å²) in [4.78, 5) is 26.0. The molecule has 130 valence electrons. The van der Waals surface area contributed by atoms with E-state index in [9.17, 15) is 22.8 Å². The second-order valence-corrected chi connectivity index (χ2v) is 5.81. The van der Waals surface area contributed by atoms with E-state index in [4.69, 9.17) is 0 Å². The second kappa shape index (κ2) is 6.58. The predicted molar refractivity (Wildman–Crippen MR) is 87.0 cm³/mol. The molecule has 4 nitrogen and oxygen atoms in total. The molecule has 0 aromatic heterocycles. The third kappa shape index (κ3) is 3.81. The fourth-order valence-electron chi connectivity index (χ4n) is 2.76. The lowest BCUT2D eigenvalue weighted by atomic mass is 10.1. The molecule has 1 atom stereocenters. The molecule has 1 N–H and O–H groups in total. The van der Waals surface area contributed by atoms with Crippen molar-refractivity contribution in [1.29, 1.82) is 0 Å². The molecule has 2 amide bonds. The lowest BCUT2D eigenvalue weighted by Crippen LogP contribution is -2.28. The van der Waals surface area contributed by atoms with Gasteiger partial charge in [0.15, 0.2) is 0 Å². The van der Waals surface area contributed by atoms with Crippen LogP contribution in [0, 0.1) is 5.92 Å². The summed E-state index contributed by atoms with van der Waals surface area (Å²) in [6, 6.07) is 13.4. The molecule has 0 spiro atoms. The van der Waals surface area contributed by atoms with Crippen LogP contribution in [0.4, 0.5) is 24.5 Å². The molecule has 7 heteroatoms. The van der Waals surface area contributed by atoms with Crippen molar-refractivity contribution < 1.29 is 22.8 Å². The maximum Gasteiger partial charge on any atom is 0.416 e. The fraction of sp³-hybridized carbons (Fsp3) is 0.222. The number of alkyl halides is 3. The number of hydrogen-bond acceptors (Lipinski definition) is 2. The normalized spacial score (nSPS) is 17.6. The summed E-state index contributed by atoms with van der Waals surface area (Å²) in [7, 11) is 0.